The molecule has 0 saturated carbocycles. The Morgan fingerprint density at radius 1 is 1.10 bits per heavy atom. The second-order valence-corrected chi connectivity index (χ2v) is 8.15. The number of benzene rings is 1. The molecule has 1 aliphatic rings. The fraction of sp³-hybridized carbons (Fsp3) is 0.238. The van der Waals surface area contributed by atoms with Gasteiger partial charge in [-0.1, -0.05) is 17.3 Å². The van der Waals surface area contributed by atoms with Crippen LogP contribution >= 0.6 is 22.6 Å². The van der Waals surface area contributed by atoms with Crippen LogP contribution in [0.1, 0.15) is 30.3 Å². The van der Waals surface area contributed by atoms with Crippen LogP contribution in [0.15, 0.2) is 49.8 Å². The van der Waals surface area contributed by atoms with E-state index in [9.17, 15) is 9.65 Å². The number of nitriles is 1. The highest BCUT2D eigenvalue weighted by atomic mass is 127. The third-order valence-corrected chi connectivity index (χ3v) is 5.77. The summed E-state index contributed by atoms with van der Waals surface area (Å²) in [4.78, 5) is 10.6. The smallest absolute Gasteiger partial charge is 0.238 e. The summed E-state index contributed by atoms with van der Waals surface area (Å²) in [6.07, 6.45) is 1.47. The van der Waals surface area contributed by atoms with Crippen LogP contribution < -0.4 is 4.90 Å². The highest BCUT2D eigenvalue weighted by molar-refractivity contribution is 14.1. The maximum Gasteiger partial charge on any atom is 0.238 e. The van der Waals surface area contributed by atoms with Crippen LogP contribution in [0.3, 0.4) is 0 Å². The van der Waals surface area contributed by atoms with Gasteiger partial charge in [0.25, 0.3) is 0 Å². The third kappa shape index (κ3) is 3.81. The Bertz CT molecular complexity index is 1270. The van der Waals surface area contributed by atoms with Crippen molar-refractivity contribution in [2.45, 2.75) is 18.8 Å². The largest absolute Gasteiger partial charge is 0.447 e. The van der Waals surface area contributed by atoms with Crippen molar-refractivity contribution in [3.8, 4) is 29.1 Å². The van der Waals surface area contributed by atoms with Crippen LogP contribution in [-0.4, -0.2) is 28.2 Å². The van der Waals surface area contributed by atoms with E-state index in [2.05, 4.69) is 37.7 Å². The fourth-order valence-electron chi connectivity index (χ4n) is 3.61. The summed E-state index contributed by atoms with van der Waals surface area (Å²) in [6, 6.07) is 11.9. The van der Waals surface area contributed by atoms with Crippen molar-refractivity contribution in [1.82, 2.24) is 15.1 Å². The summed E-state index contributed by atoms with van der Waals surface area (Å²) in [7, 11) is 0. The zero-order chi connectivity index (χ0) is 21.4. The summed E-state index contributed by atoms with van der Waals surface area (Å²) < 4.78 is 31.6. The van der Waals surface area contributed by atoms with Gasteiger partial charge in [-0.2, -0.15) is 15.2 Å². The molecular weight excluding hydrogens is 516 g/mol. The molecule has 8 nitrogen and oxygen atoms in total. The predicted molar refractivity (Wildman–Crippen MR) is 116 cm³/mol. The lowest BCUT2D eigenvalue weighted by molar-refractivity contribution is 0.326. The van der Waals surface area contributed by atoms with Crippen molar-refractivity contribution in [2.24, 2.45) is 0 Å². The molecule has 0 spiro atoms. The Kier molecular flexibility index (Phi) is 5.19. The minimum atomic E-state index is -0.447. The van der Waals surface area contributed by atoms with E-state index < -0.39 is 5.82 Å². The van der Waals surface area contributed by atoms with E-state index in [-0.39, 0.29) is 23.1 Å². The summed E-state index contributed by atoms with van der Waals surface area (Å²) in [5.41, 5.74) is 0.371. The van der Waals surface area contributed by atoms with E-state index in [0.29, 0.717) is 36.4 Å². The topological polar surface area (TPSA) is 105 Å². The second-order valence-electron chi connectivity index (χ2n) is 7.09. The first-order valence-corrected chi connectivity index (χ1v) is 10.7. The SMILES string of the molecule is N#Cc1nc(-c2ccccc2F)oc1N1CCC(c2nc(-c3ccc(I)o3)no2)CC1. The van der Waals surface area contributed by atoms with Crippen molar-refractivity contribution in [2.75, 3.05) is 18.0 Å². The maximum absolute atomic E-state index is 14.1. The standard InChI is InChI=1S/C21H15FIN5O3/c22-14-4-2-1-3-13(14)20-25-15(11-24)21(30-20)28-9-7-12(8-10-28)19-26-18(27-31-19)16-5-6-17(23)29-16/h1-6,12H,7-10H2. The van der Waals surface area contributed by atoms with Crippen LogP contribution in [-0.2, 0) is 0 Å². The third-order valence-electron chi connectivity index (χ3n) is 5.19. The molecule has 0 radical (unpaired) electrons. The van der Waals surface area contributed by atoms with Crippen LogP contribution in [0.25, 0.3) is 23.0 Å². The number of furan rings is 1. The molecule has 1 aromatic carbocycles. The van der Waals surface area contributed by atoms with Gasteiger partial charge < -0.3 is 18.3 Å². The lowest BCUT2D eigenvalue weighted by atomic mass is 9.97. The first-order valence-electron chi connectivity index (χ1n) is 9.62. The van der Waals surface area contributed by atoms with E-state index in [1.165, 1.54) is 6.07 Å². The molecule has 31 heavy (non-hydrogen) atoms. The monoisotopic (exact) mass is 531 g/mol. The van der Waals surface area contributed by atoms with Gasteiger partial charge in [-0.3, -0.25) is 0 Å². The second kappa shape index (κ2) is 8.14. The number of nitrogens with zero attached hydrogens (tertiary/aromatic N) is 5. The highest BCUT2D eigenvalue weighted by Gasteiger charge is 2.30. The summed E-state index contributed by atoms with van der Waals surface area (Å²) in [5, 5.41) is 13.5. The molecule has 0 N–H and O–H groups in total. The number of piperidine rings is 1. The molecule has 0 atom stereocenters. The lowest BCUT2D eigenvalue weighted by Gasteiger charge is -2.29. The normalized spacial score (nSPS) is 14.7. The average Bonchev–Trinajstić information content (AvgIpc) is 3.53. The fourth-order valence-corrected chi connectivity index (χ4v) is 4.03. The van der Waals surface area contributed by atoms with Crippen LogP contribution in [0.4, 0.5) is 10.3 Å². The van der Waals surface area contributed by atoms with Gasteiger partial charge >= 0.3 is 0 Å². The zero-order valence-corrected chi connectivity index (χ0v) is 18.2. The molecule has 3 aromatic heterocycles. The van der Waals surface area contributed by atoms with Gasteiger partial charge in [0.1, 0.15) is 11.9 Å². The number of hydrogen-bond acceptors (Lipinski definition) is 8. The summed E-state index contributed by atoms with van der Waals surface area (Å²) >= 11 is 2.08. The molecule has 10 heteroatoms. The minimum Gasteiger partial charge on any atom is -0.447 e. The number of anilines is 1. The minimum absolute atomic E-state index is 0.0889. The van der Waals surface area contributed by atoms with Crippen molar-refractivity contribution < 1.29 is 17.7 Å². The number of rotatable bonds is 4. The first kappa shape index (κ1) is 19.7. The molecule has 0 aliphatic carbocycles. The molecule has 156 valence electrons. The molecule has 1 fully saturated rings. The predicted octanol–water partition coefficient (Wildman–Crippen LogP) is 4.98. The molecule has 4 heterocycles. The quantitative estimate of drug-likeness (QED) is 0.340. The van der Waals surface area contributed by atoms with Crippen molar-refractivity contribution in [3.63, 3.8) is 0 Å². The van der Waals surface area contributed by atoms with Gasteiger partial charge in [0.2, 0.25) is 29.2 Å². The Labute approximate surface area is 189 Å². The molecule has 0 amide bonds. The van der Waals surface area contributed by atoms with Gasteiger partial charge in [-0.05, 0) is 59.7 Å². The van der Waals surface area contributed by atoms with Gasteiger partial charge in [0.15, 0.2) is 9.53 Å². The van der Waals surface area contributed by atoms with Crippen molar-refractivity contribution in [1.29, 1.82) is 5.26 Å². The maximum atomic E-state index is 14.1. The van der Waals surface area contributed by atoms with Crippen LogP contribution in [0.5, 0.6) is 0 Å². The lowest BCUT2D eigenvalue weighted by Crippen LogP contribution is -2.33. The number of halogens is 2. The molecule has 1 aliphatic heterocycles. The van der Waals surface area contributed by atoms with Gasteiger partial charge in [-0.15, -0.1) is 0 Å². The Hall–Kier alpha value is -3.20. The average molecular weight is 531 g/mol. The van der Waals surface area contributed by atoms with Crippen LogP contribution in [0, 0.1) is 20.9 Å². The molecule has 5 rings (SSSR count). The van der Waals surface area contributed by atoms with Crippen molar-refractivity contribution in [3.05, 3.63) is 57.6 Å². The summed E-state index contributed by atoms with van der Waals surface area (Å²) in [5.74, 6) is 1.65. The molecular formula is C21H15FIN5O3. The van der Waals surface area contributed by atoms with Crippen LogP contribution in [0.2, 0.25) is 0 Å². The first-order chi connectivity index (χ1) is 15.1. The zero-order valence-electron chi connectivity index (χ0n) is 16.1. The number of aromatic nitrogens is 3. The molecule has 0 bridgehead atoms. The number of hydrogen-bond donors (Lipinski definition) is 0. The molecule has 1 saturated heterocycles. The van der Waals surface area contributed by atoms with Gasteiger partial charge in [-0.25, -0.2) is 4.39 Å². The van der Waals surface area contributed by atoms with E-state index >= 15 is 0 Å². The molecule has 4 aromatic rings. The van der Waals surface area contributed by atoms with E-state index in [1.807, 2.05) is 17.0 Å². The van der Waals surface area contributed by atoms with E-state index in [4.69, 9.17) is 13.4 Å². The Morgan fingerprint density at radius 2 is 1.90 bits per heavy atom. The van der Waals surface area contributed by atoms with Crippen molar-refractivity contribution >= 4 is 28.5 Å². The Balaban J connectivity index is 1.31. The van der Waals surface area contributed by atoms with Gasteiger partial charge in [0.05, 0.1) is 5.56 Å². The molecule has 0 unspecified atom stereocenters. The highest BCUT2D eigenvalue weighted by Crippen LogP contribution is 2.35. The van der Waals surface area contributed by atoms with E-state index in [0.717, 1.165) is 16.6 Å². The number of oxazole rings is 1. The van der Waals surface area contributed by atoms with E-state index in [1.54, 1.807) is 24.3 Å². The Morgan fingerprint density at radius 3 is 2.61 bits per heavy atom. The van der Waals surface area contributed by atoms with Gasteiger partial charge in [0, 0.05) is 19.0 Å². The summed E-state index contributed by atoms with van der Waals surface area (Å²) in [6.45, 7) is 1.23.